The van der Waals surface area contributed by atoms with Gasteiger partial charge >= 0.3 is 6.16 Å². The number of rotatable bonds is 3. The number of ether oxygens (including phenoxy) is 2. The molecule has 0 bridgehead atoms. The molecule has 0 radical (unpaired) electrons. The van der Waals surface area contributed by atoms with E-state index in [4.69, 9.17) is 11.2 Å². The topological polar surface area (TPSA) is 35.5 Å². The summed E-state index contributed by atoms with van der Waals surface area (Å²) >= 11 is 0. The molecule has 0 aliphatic rings. The summed E-state index contributed by atoms with van der Waals surface area (Å²) in [6.45, 7) is 0. The normalized spacial score (nSPS) is 10.4. The lowest BCUT2D eigenvalue weighted by atomic mass is 9.87. The largest absolute Gasteiger partial charge is 0.510 e. The lowest BCUT2D eigenvalue weighted by molar-refractivity contribution is 0.0215. The van der Waals surface area contributed by atoms with E-state index in [2.05, 4.69) is 10.7 Å². The van der Waals surface area contributed by atoms with Crippen LogP contribution in [0.2, 0.25) is 0 Å². The molecule has 0 atom stereocenters. The van der Waals surface area contributed by atoms with Crippen LogP contribution in [0.25, 0.3) is 0 Å². The molecule has 2 aromatic rings. The average Bonchev–Trinajstić information content (AvgIpc) is 2.54. The number of hydrogen-bond acceptors (Lipinski definition) is 3. The van der Waals surface area contributed by atoms with Gasteiger partial charge in [-0.05, 0) is 5.92 Å². The van der Waals surface area contributed by atoms with E-state index in [1.807, 2.05) is 60.7 Å². The second-order valence-corrected chi connectivity index (χ2v) is 4.11. The van der Waals surface area contributed by atoms with Crippen LogP contribution in [0.4, 0.5) is 4.79 Å². The number of benzene rings is 2. The van der Waals surface area contributed by atoms with Crippen LogP contribution in [0.3, 0.4) is 0 Å². The van der Waals surface area contributed by atoms with Crippen LogP contribution < -0.4 is 0 Å². The van der Waals surface area contributed by atoms with E-state index in [1.165, 1.54) is 7.11 Å². The summed E-state index contributed by atoms with van der Waals surface area (Å²) in [7, 11) is 1.25. The molecular formula is C17H14O3. The quantitative estimate of drug-likeness (QED) is 0.631. The Balaban J connectivity index is 2.59. The van der Waals surface area contributed by atoms with Crippen molar-refractivity contribution >= 4 is 6.16 Å². The molecule has 0 aromatic heterocycles. The molecule has 2 aromatic carbocycles. The Hall–Kier alpha value is -2.73. The molecule has 20 heavy (non-hydrogen) atoms. The molecule has 3 heteroatoms. The zero-order valence-corrected chi connectivity index (χ0v) is 11.1. The van der Waals surface area contributed by atoms with Crippen LogP contribution in [-0.4, -0.2) is 13.3 Å². The van der Waals surface area contributed by atoms with Gasteiger partial charge in [0, 0.05) is 11.1 Å². The molecule has 0 spiro atoms. The van der Waals surface area contributed by atoms with Crippen molar-refractivity contribution in [3.05, 3.63) is 71.8 Å². The molecule has 2 rings (SSSR count). The van der Waals surface area contributed by atoms with E-state index in [-0.39, 0.29) is 0 Å². The number of terminal acetylenes is 1. The minimum atomic E-state index is -1.30. The molecule has 100 valence electrons. The molecule has 0 amide bonds. The van der Waals surface area contributed by atoms with E-state index in [0.717, 1.165) is 0 Å². The van der Waals surface area contributed by atoms with Crippen LogP contribution >= 0.6 is 0 Å². The first-order valence-corrected chi connectivity index (χ1v) is 6.08. The maximum atomic E-state index is 11.6. The van der Waals surface area contributed by atoms with Crippen molar-refractivity contribution in [2.75, 3.05) is 7.11 Å². The second-order valence-electron chi connectivity index (χ2n) is 4.11. The van der Waals surface area contributed by atoms with Crippen LogP contribution in [0.1, 0.15) is 11.1 Å². The predicted octanol–water partition coefficient (Wildman–Crippen LogP) is 3.35. The molecular weight excluding hydrogens is 252 g/mol. The van der Waals surface area contributed by atoms with Crippen molar-refractivity contribution in [2.45, 2.75) is 5.60 Å². The number of methoxy groups -OCH3 is 1. The third kappa shape index (κ3) is 2.50. The molecule has 0 aliphatic heterocycles. The SMILES string of the molecule is C#CC(OC(=O)OC)(c1ccccc1)c1ccccc1. The Kier molecular flexibility index (Phi) is 4.07. The third-order valence-corrected chi connectivity index (χ3v) is 2.97. The zero-order chi connectivity index (χ0) is 14.4. The third-order valence-electron chi connectivity index (χ3n) is 2.97. The van der Waals surface area contributed by atoms with Crippen LogP contribution in [0.5, 0.6) is 0 Å². The van der Waals surface area contributed by atoms with Gasteiger partial charge in [0.25, 0.3) is 0 Å². The highest BCUT2D eigenvalue weighted by Gasteiger charge is 2.37. The Bertz CT molecular complexity index is 572. The van der Waals surface area contributed by atoms with Gasteiger partial charge in [-0.15, -0.1) is 6.42 Å². The summed E-state index contributed by atoms with van der Waals surface area (Å²) in [6.07, 6.45) is 4.87. The lowest BCUT2D eigenvalue weighted by Gasteiger charge is -2.28. The van der Waals surface area contributed by atoms with Crippen molar-refractivity contribution in [3.63, 3.8) is 0 Å². The summed E-state index contributed by atoms with van der Waals surface area (Å²) in [4.78, 5) is 11.6. The van der Waals surface area contributed by atoms with Gasteiger partial charge in [-0.1, -0.05) is 60.7 Å². The Morgan fingerprint density at radius 3 is 1.80 bits per heavy atom. The number of carbonyl (C=O) groups is 1. The Labute approximate surface area is 118 Å². The van der Waals surface area contributed by atoms with Crippen LogP contribution in [0.15, 0.2) is 60.7 Å². The fourth-order valence-corrected chi connectivity index (χ4v) is 1.99. The van der Waals surface area contributed by atoms with Crippen LogP contribution in [-0.2, 0) is 15.1 Å². The summed E-state index contributed by atoms with van der Waals surface area (Å²) in [5.41, 5.74) is 0.0912. The van der Waals surface area contributed by atoms with E-state index in [0.29, 0.717) is 11.1 Å². The predicted molar refractivity (Wildman–Crippen MR) is 76.0 cm³/mol. The van der Waals surface area contributed by atoms with E-state index >= 15 is 0 Å². The lowest BCUT2D eigenvalue weighted by Crippen LogP contribution is -2.32. The van der Waals surface area contributed by atoms with Gasteiger partial charge in [0.05, 0.1) is 7.11 Å². The molecule has 0 aliphatic carbocycles. The zero-order valence-electron chi connectivity index (χ0n) is 11.1. The molecule has 0 fully saturated rings. The summed E-state index contributed by atoms with van der Waals surface area (Å²) in [5.74, 6) is 2.59. The molecule has 0 unspecified atom stereocenters. The first-order valence-electron chi connectivity index (χ1n) is 6.08. The fourth-order valence-electron chi connectivity index (χ4n) is 1.99. The monoisotopic (exact) mass is 266 g/mol. The molecule has 3 nitrogen and oxygen atoms in total. The summed E-state index contributed by atoms with van der Waals surface area (Å²) in [6, 6.07) is 18.4. The molecule has 0 N–H and O–H groups in total. The minimum absolute atomic E-state index is 0.694. The van der Waals surface area contributed by atoms with Gasteiger partial charge < -0.3 is 9.47 Å². The second kappa shape index (κ2) is 5.94. The van der Waals surface area contributed by atoms with Gasteiger partial charge in [0.1, 0.15) is 0 Å². The minimum Gasteiger partial charge on any atom is -0.438 e. The standard InChI is InChI=1S/C17H14O3/c1-3-17(20-16(18)19-2,14-10-6-4-7-11-14)15-12-8-5-9-13-15/h1,4-13H,2H3. The van der Waals surface area contributed by atoms with Crippen molar-refractivity contribution in [1.82, 2.24) is 0 Å². The first kappa shape index (κ1) is 13.7. The molecule has 0 saturated carbocycles. The first-order chi connectivity index (χ1) is 9.73. The van der Waals surface area contributed by atoms with Crippen molar-refractivity contribution in [2.24, 2.45) is 0 Å². The Morgan fingerprint density at radius 1 is 1.00 bits per heavy atom. The molecule has 0 heterocycles. The maximum Gasteiger partial charge on any atom is 0.510 e. The van der Waals surface area contributed by atoms with Gasteiger partial charge in [-0.25, -0.2) is 4.79 Å². The van der Waals surface area contributed by atoms with E-state index in [9.17, 15) is 4.79 Å². The van der Waals surface area contributed by atoms with Gasteiger partial charge in [-0.3, -0.25) is 0 Å². The van der Waals surface area contributed by atoms with Gasteiger partial charge in [-0.2, -0.15) is 0 Å². The van der Waals surface area contributed by atoms with Gasteiger partial charge in [0.2, 0.25) is 5.60 Å². The van der Waals surface area contributed by atoms with E-state index in [1.54, 1.807) is 0 Å². The highest BCUT2D eigenvalue weighted by atomic mass is 16.7. The number of carbonyl (C=O) groups excluding carboxylic acids is 1. The van der Waals surface area contributed by atoms with Crippen molar-refractivity contribution in [1.29, 1.82) is 0 Å². The van der Waals surface area contributed by atoms with E-state index < -0.39 is 11.8 Å². The Morgan fingerprint density at radius 2 is 1.45 bits per heavy atom. The highest BCUT2D eigenvalue weighted by Crippen LogP contribution is 2.33. The van der Waals surface area contributed by atoms with Gasteiger partial charge in [0.15, 0.2) is 0 Å². The van der Waals surface area contributed by atoms with Crippen molar-refractivity contribution < 1.29 is 14.3 Å². The number of hydrogen-bond donors (Lipinski definition) is 0. The highest BCUT2D eigenvalue weighted by molar-refractivity contribution is 5.63. The average molecular weight is 266 g/mol. The maximum absolute atomic E-state index is 11.6. The summed E-state index contributed by atoms with van der Waals surface area (Å²) < 4.78 is 10.0. The molecule has 0 saturated heterocycles. The van der Waals surface area contributed by atoms with Crippen molar-refractivity contribution in [3.8, 4) is 12.3 Å². The van der Waals surface area contributed by atoms with Crippen LogP contribution in [0, 0.1) is 12.3 Å². The summed E-state index contributed by atoms with van der Waals surface area (Å²) in [5, 5.41) is 0. The fraction of sp³-hybridized carbons (Fsp3) is 0.118. The smallest absolute Gasteiger partial charge is 0.438 e.